The van der Waals surface area contributed by atoms with Crippen molar-refractivity contribution in [3.8, 4) is 0 Å². The summed E-state index contributed by atoms with van der Waals surface area (Å²) in [4.78, 5) is 39.1. The summed E-state index contributed by atoms with van der Waals surface area (Å²) in [6, 6.07) is 1.75. The molecule has 43 heavy (non-hydrogen) atoms. The van der Waals surface area contributed by atoms with Crippen LogP contribution in [0.15, 0.2) is 23.0 Å². The van der Waals surface area contributed by atoms with Gasteiger partial charge in [-0.3, -0.25) is 14.4 Å². The smallest absolute Gasteiger partial charge is 0.306 e. The number of hydrogen-bond donors (Lipinski definition) is 2. The van der Waals surface area contributed by atoms with Crippen LogP contribution in [0.25, 0.3) is 0 Å². The van der Waals surface area contributed by atoms with Crippen molar-refractivity contribution in [1.29, 1.82) is 0 Å². The summed E-state index contributed by atoms with van der Waals surface area (Å²) in [7, 11) is 1.31. The predicted molar refractivity (Wildman–Crippen MR) is 140 cm³/mol. The van der Waals surface area contributed by atoms with Gasteiger partial charge in [0.15, 0.2) is 5.60 Å². The summed E-state index contributed by atoms with van der Waals surface area (Å²) in [5.74, 6) is -4.65. The number of esters is 3. The summed E-state index contributed by atoms with van der Waals surface area (Å²) < 4.78 is 43.0. The van der Waals surface area contributed by atoms with Crippen molar-refractivity contribution in [2.75, 3.05) is 7.11 Å². The van der Waals surface area contributed by atoms with Gasteiger partial charge in [-0.2, -0.15) is 0 Å². The highest BCUT2D eigenvalue weighted by Crippen LogP contribution is 2.89. The molecule has 1 aromatic rings. The molecule has 2 unspecified atom stereocenters. The number of carbonyl (C=O) groups is 3. The number of fused-ring (bicyclic) bond motifs is 3. The van der Waals surface area contributed by atoms with Gasteiger partial charge in [-0.25, -0.2) is 0 Å². The molecule has 234 valence electrons. The van der Waals surface area contributed by atoms with Crippen molar-refractivity contribution in [3.63, 3.8) is 0 Å². The Kier molecular flexibility index (Phi) is 4.98. The number of carbonyl (C=O) groups excluding carboxylic acids is 3. The molecule has 7 aliphatic rings. The highest BCUT2D eigenvalue weighted by Gasteiger charge is 3.03. The number of hydrogen-bond acceptors (Lipinski definition) is 12. The lowest BCUT2D eigenvalue weighted by Crippen LogP contribution is -2.93. The van der Waals surface area contributed by atoms with E-state index in [9.17, 15) is 24.6 Å². The van der Waals surface area contributed by atoms with Crippen LogP contribution < -0.4 is 0 Å². The Hall–Kier alpha value is -2.51. The van der Waals surface area contributed by atoms with Gasteiger partial charge in [0, 0.05) is 48.0 Å². The highest BCUT2D eigenvalue weighted by molar-refractivity contribution is 5.73. The molecule has 1 aromatic heterocycles. The topological polar surface area (TPSA) is 160 Å². The van der Waals surface area contributed by atoms with Crippen LogP contribution in [0.1, 0.15) is 78.4 Å². The monoisotopic (exact) mass is 602 g/mol. The van der Waals surface area contributed by atoms with Gasteiger partial charge in [0.2, 0.25) is 0 Å². The second-order valence-corrected chi connectivity index (χ2v) is 14.7. The number of rotatable bonds is 4. The average Bonchev–Trinajstić information content (AvgIpc) is 3.63. The molecule has 4 aliphatic carbocycles. The predicted octanol–water partition coefficient (Wildman–Crippen LogP) is 2.30. The van der Waals surface area contributed by atoms with E-state index in [1.165, 1.54) is 26.6 Å². The molecule has 3 saturated heterocycles. The third-order valence-corrected chi connectivity index (χ3v) is 13.3. The molecule has 7 fully saturated rings. The van der Waals surface area contributed by atoms with E-state index in [4.69, 9.17) is 32.8 Å². The van der Waals surface area contributed by atoms with Crippen molar-refractivity contribution in [3.05, 3.63) is 24.2 Å². The Labute approximate surface area is 248 Å². The van der Waals surface area contributed by atoms with E-state index in [0.717, 1.165) is 0 Å². The van der Waals surface area contributed by atoms with Gasteiger partial charge >= 0.3 is 17.9 Å². The third kappa shape index (κ3) is 2.55. The van der Waals surface area contributed by atoms with Crippen molar-refractivity contribution in [1.82, 2.24) is 0 Å². The summed E-state index contributed by atoms with van der Waals surface area (Å²) in [5.41, 5.74) is -9.04. The van der Waals surface area contributed by atoms with Crippen LogP contribution in [0.5, 0.6) is 0 Å². The molecule has 0 radical (unpaired) electrons. The zero-order chi connectivity index (χ0) is 30.8. The molecular weight excluding hydrogens is 564 g/mol. The fourth-order valence-corrected chi connectivity index (χ4v) is 12.1. The SMILES string of the molecule is COC(=O)C[C@H]1[C@@]2(C)CC34OC5(C)O[C@]6([C@@H]7CC(=O)O[C@@H](c8ccoc8)[C@]7(C)CC[C@]6(O5)[C@]13C)[C@H](O)[C@@]4(O)[C@H]2OC(C)=O. The third-order valence-electron chi connectivity index (χ3n) is 13.3. The highest BCUT2D eigenvalue weighted by atomic mass is 16.9. The van der Waals surface area contributed by atoms with Gasteiger partial charge in [-0.15, -0.1) is 0 Å². The second kappa shape index (κ2) is 7.64. The standard InChI is InChI=1S/C31H38O12/c1-15(32)39-23-25(3)14-29-26(4,17(25)11-19(33)37-6)28-9-8-24(2)18(12-20(34)40-21(24)16-7-10-38-13-16)31(28,22(35)30(23,29)36)43-27(5,41-28)42-29/h7,10,13,17-18,21-23,35-36H,8-9,11-12,14H2,1-6H3/t17-,18+,21-,22+,23-,24+,25+,26-,27?,28-,29?,30+,31+/m0/s1. The lowest BCUT2D eigenvalue weighted by atomic mass is 9.33. The van der Waals surface area contributed by atoms with Crippen LogP contribution in [0.2, 0.25) is 0 Å². The molecule has 12 nitrogen and oxygen atoms in total. The van der Waals surface area contributed by atoms with Gasteiger partial charge in [0.1, 0.15) is 35.1 Å². The zero-order valence-electron chi connectivity index (χ0n) is 25.1. The first-order valence-electron chi connectivity index (χ1n) is 15.0. The first-order valence-corrected chi connectivity index (χ1v) is 15.0. The van der Waals surface area contributed by atoms with E-state index in [1.807, 2.05) is 20.8 Å². The van der Waals surface area contributed by atoms with Gasteiger partial charge in [-0.05, 0) is 31.2 Å². The zero-order valence-corrected chi connectivity index (χ0v) is 25.1. The van der Waals surface area contributed by atoms with E-state index >= 15 is 0 Å². The minimum atomic E-state index is -2.18. The molecule has 0 amide bonds. The molecule has 12 heteroatoms. The van der Waals surface area contributed by atoms with E-state index < -0.39 is 92.7 Å². The summed E-state index contributed by atoms with van der Waals surface area (Å²) in [6.07, 6.45) is 0.188. The Balaban J connectivity index is 1.42. The van der Waals surface area contributed by atoms with Crippen LogP contribution in [-0.4, -0.2) is 75.8 Å². The maximum absolute atomic E-state index is 13.4. The summed E-state index contributed by atoms with van der Waals surface area (Å²) in [5, 5.41) is 26.0. The molecule has 4 heterocycles. The van der Waals surface area contributed by atoms with Gasteiger partial charge in [0.05, 0.1) is 26.1 Å². The molecular formula is C31H38O12. The molecule has 8 rings (SSSR count). The number of furan rings is 1. The van der Waals surface area contributed by atoms with Gasteiger partial charge < -0.3 is 43.1 Å². The van der Waals surface area contributed by atoms with Crippen molar-refractivity contribution < 1.29 is 57.4 Å². The molecule has 13 atom stereocenters. The molecule has 4 bridgehead atoms. The summed E-state index contributed by atoms with van der Waals surface area (Å²) in [6.45, 7) is 8.67. The molecule has 4 saturated carbocycles. The van der Waals surface area contributed by atoms with Crippen LogP contribution >= 0.6 is 0 Å². The number of aliphatic hydroxyl groups is 2. The van der Waals surface area contributed by atoms with E-state index in [0.29, 0.717) is 18.4 Å². The Morgan fingerprint density at radius 1 is 1.07 bits per heavy atom. The quantitative estimate of drug-likeness (QED) is 0.383. The van der Waals surface area contributed by atoms with Crippen LogP contribution in [0.3, 0.4) is 0 Å². The maximum atomic E-state index is 13.4. The number of cyclic esters (lactones) is 1. The maximum Gasteiger partial charge on any atom is 0.306 e. The van der Waals surface area contributed by atoms with Crippen molar-refractivity contribution in [2.45, 2.75) is 113 Å². The van der Waals surface area contributed by atoms with Crippen molar-refractivity contribution >= 4 is 17.9 Å². The lowest BCUT2D eigenvalue weighted by Gasteiger charge is -2.77. The average molecular weight is 603 g/mol. The number of methoxy groups -OCH3 is 1. The summed E-state index contributed by atoms with van der Waals surface area (Å²) >= 11 is 0. The van der Waals surface area contributed by atoms with Gasteiger partial charge in [-0.1, -0.05) is 20.8 Å². The Morgan fingerprint density at radius 3 is 2.44 bits per heavy atom. The second-order valence-electron chi connectivity index (χ2n) is 14.7. The van der Waals surface area contributed by atoms with E-state index in [2.05, 4.69) is 0 Å². The van der Waals surface area contributed by atoms with Crippen LogP contribution in [0.4, 0.5) is 0 Å². The molecule has 0 aromatic carbocycles. The number of ether oxygens (including phenoxy) is 6. The first kappa shape index (κ1) is 28.0. The Morgan fingerprint density at radius 2 is 1.79 bits per heavy atom. The number of aliphatic hydroxyl groups excluding tert-OH is 1. The van der Waals surface area contributed by atoms with Crippen LogP contribution in [0, 0.1) is 28.1 Å². The normalized spacial score (nSPS) is 56.7. The van der Waals surface area contributed by atoms with E-state index in [1.54, 1.807) is 13.0 Å². The van der Waals surface area contributed by atoms with Crippen molar-refractivity contribution in [2.24, 2.45) is 28.1 Å². The first-order chi connectivity index (χ1) is 20.1. The van der Waals surface area contributed by atoms with Gasteiger partial charge in [0.25, 0.3) is 5.97 Å². The molecule has 3 aliphatic heterocycles. The van der Waals surface area contributed by atoms with Crippen LogP contribution in [-0.2, 0) is 42.8 Å². The lowest BCUT2D eigenvalue weighted by molar-refractivity contribution is -0.478. The fraction of sp³-hybridized carbons (Fsp3) is 0.774. The minimum Gasteiger partial charge on any atom is -0.472 e. The molecule has 2 N–H and O–H groups in total. The van der Waals surface area contributed by atoms with E-state index in [-0.39, 0.29) is 19.3 Å². The largest absolute Gasteiger partial charge is 0.472 e. The minimum absolute atomic E-state index is 0.0714. The Bertz CT molecular complexity index is 1460. The molecule has 2 spiro atoms. The fourth-order valence-electron chi connectivity index (χ4n) is 12.1.